The lowest BCUT2D eigenvalue weighted by atomic mass is 9.96. The third kappa shape index (κ3) is 3.86. The van der Waals surface area contributed by atoms with E-state index in [1.807, 2.05) is 0 Å². The van der Waals surface area contributed by atoms with Crippen LogP contribution in [0.4, 0.5) is 13.2 Å². The molecular weight excluding hydrogens is 265 g/mol. The number of hydrogen-bond donors (Lipinski definition) is 2. The third-order valence-corrected chi connectivity index (χ3v) is 3.07. The first-order chi connectivity index (χ1) is 8.40. The maximum absolute atomic E-state index is 12.5. The Balaban J connectivity index is 2.96. The van der Waals surface area contributed by atoms with Crippen molar-refractivity contribution in [1.29, 1.82) is 0 Å². The Morgan fingerprint density at radius 1 is 1.39 bits per heavy atom. The fraction of sp³-hybridized carbons (Fsp3) is 0.500. The number of nitrogens with one attached hydrogen (secondary N) is 1. The van der Waals surface area contributed by atoms with Gasteiger partial charge in [-0.1, -0.05) is 6.07 Å². The largest absolute Gasteiger partial charge is 0.416 e. The standard InChI is InChI=1S/C12H16ClF3N2/c1-8-7-9(12(14,15)16)4-5-10(8)11(18-17)3-2-6-13/h4-5,7,11,18H,2-3,6,17H2,1H3. The van der Waals surface area contributed by atoms with Crippen LogP contribution in [0.3, 0.4) is 0 Å². The molecule has 0 heterocycles. The second-order valence-electron chi connectivity index (χ2n) is 4.12. The summed E-state index contributed by atoms with van der Waals surface area (Å²) in [6.07, 6.45) is -2.88. The van der Waals surface area contributed by atoms with Crippen molar-refractivity contribution < 1.29 is 13.2 Å². The summed E-state index contributed by atoms with van der Waals surface area (Å²) in [4.78, 5) is 0. The van der Waals surface area contributed by atoms with Crippen molar-refractivity contribution >= 4 is 11.6 Å². The molecule has 0 aromatic heterocycles. The minimum atomic E-state index is -4.31. The summed E-state index contributed by atoms with van der Waals surface area (Å²) < 4.78 is 37.6. The zero-order valence-electron chi connectivity index (χ0n) is 10.0. The normalized spacial score (nSPS) is 13.7. The highest BCUT2D eigenvalue weighted by molar-refractivity contribution is 6.17. The average molecular weight is 281 g/mol. The molecule has 0 aliphatic carbocycles. The van der Waals surface area contributed by atoms with Gasteiger partial charge in [-0.2, -0.15) is 13.2 Å². The molecule has 0 bridgehead atoms. The smallest absolute Gasteiger partial charge is 0.271 e. The first kappa shape index (κ1) is 15.3. The van der Waals surface area contributed by atoms with Crippen LogP contribution >= 0.6 is 11.6 Å². The molecule has 1 rings (SSSR count). The Hall–Kier alpha value is -0.780. The van der Waals surface area contributed by atoms with Crippen LogP contribution in [-0.2, 0) is 6.18 Å². The second kappa shape index (κ2) is 6.41. The predicted octanol–water partition coefficient (Wildman–Crippen LogP) is 3.54. The summed E-state index contributed by atoms with van der Waals surface area (Å²) in [7, 11) is 0. The molecule has 0 amide bonds. The molecule has 1 aromatic rings. The van der Waals surface area contributed by atoms with Crippen LogP contribution in [0.2, 0.25) is 0 Å². The maximum atomic E-state index is 12.5. The van der Waals surface area contributed by atoms with Crippen LogP contribution in [0.5, 0.6) is 0 Å². The van der Waals surface area contributed by atoms with Gasteiger partial charge < -0.3 is 0 Å². The molecule has 1 unspecified atom stereocenters. The lowest BCUT2D eigenvalue weighted by molar-refractivity contribution is -0.137. The predicted molar refractivity (Wildman–Crippen MR) is 66.2 cm³/mol. The molecule has 1 aromatic carbocycles. The van der Waals surface area contributed by atoms with E-state index in [2.05, 4.69) is 5.43 Å². The molecule has 3 N–H and O–H groups in total. The van der Waals surface area contributed by atoms with E-state index in [0.717, 1.165) is 24.1 Å². The molecule has 0 fully saturated rings. The summed E-state index contributed by atoms with van der Waals surface area (Å²) in [6.45, 7) is 1.65. The van der Waals surface area contributed by atoms with Crippen LogP contribution in [0.25, 0.3) is 0 Å². The Morgan fingerprint density at radius 2 is 2.06 bits per heavy atom. The van der Waals surface area contributed by atoms with Gasteiger partial charge >= 0.3 is 6.18 Å². The van der Waals surface area contributed by atoms with Gasteiger partial charge in [-0.25, -0.2) is 0 Å². The van der Waals surface area contributed by atoms with Crippen molar-refractivity contribution in [3.63, 3.8) is 0 Å². The number of aryl methyl sites for hydroxylation is 1. The van der Waals surface area contributed by atoms with Crippen molar-refractivity contribution in [3.8, 4) is 0 Å². The van der Waals surface area contributed by atoms with E-state index in [1.54, 1.807) is 6.92 Å². The van der Waals surface area contributed by atoms with Crippen LogP contribution < -0.4 is 11.3 Å². The molecule has 6 heteroatoms. The number of hydrazine groups is 1. The molecular formula is C12H16ClF3N2. The lowest BCUT2D eigenvalue weighted by Gasteiger charge is -2.19. The van der Waals surface area contributed by atoms with Gasteiger partial charge in [0.05, 0.1) is 5.56 Å². The van der Waals surface area contributed by atoms with E-state index in [1.165, 1.54) is 6.07 Å². The second-order valence-corrected chi connectivity index (χ2v) is 4.50. The molecule has 0 aliphatic heterocycles. The van der Waals surface area contributed by atoms with Crippen LogP contribution in [0, 0.1) is 6.92 Å². The zero-order valence-corrected chi connectivity index (χ0v) is 10.8. The number of halogens is 4. The van der Waals surface area contributed by atoms with E-state index in [-0.39, 0.29) is 6.04 Å². The summed E-state index contributed by atoms with van der Waals surface area (Å²) in [5.41, 5.74) is 3.32. The topological polar surface area (TPSA) is 38.0 Å². The summed E-state index contributed by atoms with van der Waals surface area (Å²) >= 11 is 5.60. The molecule has 0 spiro atoms. The van der Waals surface area contributed by atoms with Crippen molar-refractivity contribution in [2.75, 3.05) is 5.88 Å². The summed E-state index contributed by atoms with van der Waals surface area (Å²) in [6, 6.07) is 3.51. The van der Waals surface area contributed by atoms with Crippen molar-refractivity contribution in [1.82, 2.24) is 5.43 Å². The summed E-state index contributed by atoms with van der Waals surface area (Å²) in [5.74, 6) is 5.92. The van der Waals surface area contributed by atoms with Crippen LogP contribution in [0.15, 0.2) is 18.2 Å². The maximum Gasteiger partial charge on any atom is 0.416 e. The molecule has 2 nitrogen and oxygen atoms in total. The Morgan fingerprint density at radius 3 is 2.50 bits per heavy atom. The third-order valence-electron chi connectivity index (χ3n) is 2.80. The minimum Gasteiger partial charge on any atom is -0.271 e. The fourth-order valence-corrected chi connectivity index (χ4v) is 2.01. The molecule has 0 aliphatic rings. The highest BCUT2D eigenvalue weighted by atomic mass is 35.5. The first-order valence-corrected chi connectivity index (χ1v) is 6.13. The number of alkyl halides is 4. The van der Waals surface area contributed by atoms with E-state index in [9.17, 15) is 13.2 Å². The highest BCUT2D eigenvalue weighted by Crippen LogP contribution is 2.32. The van der Waals surface area contributed by atoms with Gasteiger partial charge in [0.2, 0.25) is 0 Å². The van der Waals surface area contributed by atoms with Gasteiger partial charge in [-0.3, -0.25) is 11.3 Å². The molecule has 102 valence electrons. The highest BCUT2D eigenvalue weighted by Gasteiger charge is 2.30. The van der Waals surface area contributed by atoms with Gasteiger partial charge in [-0.15, -0.1) is 11.6 Å². The van der Waals surface area contributed by atoms with Crippen LogP contribution in [0.1, 0.15) is 35.6 Å². The van der Waals surface area contributed by atoms with Gasteiger partial charge in [0.1, 0.15) is 0 Å². The average Bonchev–Trinajstić information content (AvgIpc) is 2.30. The van der Waals surface area contributed by atoms with E-state index < -0.39 is 11.7 Å². The Bertz CT molecular complexity index is 393. The van der Waals surface area contributed by atoms with E-state index >= 15 is 0 Å². The molecule has 0 radical (unpaired) electrons. The number of benzene rings is 1. The van der Waals surface area contributed by atoms with Gasteiger partial charge in [0.25, 0.3) is 0 Å². The van der Waals surface area contributed by atoms with E-state index in [4.69, 9.17) is 17.4 Å². The molecule has 1 atom stereocenters. The van der Waals surface area contributed by atoms with Crippen molar-refractivity contribution in [2.45, 2.75) is 32.0 Å². The van der Waals surface area contributed by atoms with Gasteiger partial charge in [0.15, 0.2) is 0 Å². The molecule has 18 heavy (non-hydrogen) atoms. The van der Waals surface area contributed by atoms with Crippen molar-refractivity contribution in [3.05, 3.63) is 34.9 Å². The number of rotatable bonds is 5. The Labute approximate surface area is 109 Å². The SMILES string of the molecule is Cc1cc(C(F)(F)F)ccc1C(CCCCl)NN. The quantitative estimate of drug-likeness (QED) is 0.492. The summed E-state index contributed by atoms with van der Waals surface area (Å²) in [5, 5.41) is 0. The minimum absolute atomic E-state index is 0.175. The molecule has 0 saturated carbocycles. The fourth-order valence-electron chi connectivity index (χ4n) is 1.85. The Kier molecular flexibility index (Phi) is 5.44. The zero-order chi connectivity index (χ0) is 13.8. The lowest BCUT2D eigenvalue weighted by Crippen LogP contribution is -2.28. The van der Waals surface area contributed by atoms with Gasteiger partial charge in [0, 0.05) is 11.9 Å². The van der Waals surface area contributed by atoms with E-state index in [0.29, 0.717) is 17.9 Å². The van der Waals surface area contributed by atoms with Gasteiger partial charge in [-0.05, 0) is 43.0 Å². The van der Waals surface area contributed by atoms with Crippen molar-refractivity contribution in [2.24, 2.45) is 5.84 Å². The monoisotopic (exact) mass is 280 g/mol. The first-order valence-electron chi connectivity index (χ1n) is 5.60. The number of nitrogens with two attached hydrogens (primary N) is 1. The number of hydrogen-bond acceptors (Lipinski definition) is 2. The van der Waals surface area contributed by atoms with Crippen LogP contribution in [-0.4, -0.2) is 5.88 Å². The molecule has 0 saturated heterocycles.